The monoisotopic (exact) mass is 83.0 g/mol. The molecule has 30 valence electrons. The first kappa shape index (κ1) is 4.85. The minimum absolute atomic E-state index is 1.06. The van der Waals surface area contributed by atoms with Crippen molar-refractivity contribution in [3.63, 3.8) is 0 Å². The predicted molar refractivity (Wildman–Crippen MR) is 20.8 cm³/mol. The number of nitrogens with two attached hydrogens (primary N) is 1. The van der Waals surface area contributed by atoms with Gasteiger partial charge in [-0.1, -0.05) is 0 Å². The molecule has 0 aliphatic heterocycles. The van der Waals surface area contributed by atoms with E-state index in [0.29, 0.717) is 0 Å². The summed E-state index contributed by atoms with van der Waals surface area (Å²) in [6.07, 6.45) is 1.06. The third-order valence-electron chi connectivity index (χ3n) is 0.182. The van der Waals surface area contributed by atoms with Gasteiger partial charge in [0.2, 0.25) is 0 Å². The van der Waals surface area contributed by atoms with Gasteiger partial charge in [-0.2, -0.15) is 0 Å². The summed E-state index contributed by atoms with van der Waals surface area (Å²) in [5.74, 6) is 3.78. The van der Waals surface area contributed by atoms with E-state index in [1.165, 1.54) is 0 Å². The second-order valence-corrected chi connectivity index (χ2v) is 0.489. The molecule has 0 heterocycles. The average Bonchev–Trinajstić information content (AvgIpc) is 1.61. The number of hydrogen-bond acceptors (Lipinski definition) is 1. The molecule has 2 heteroatoms. The summed E-state index contributed by atoms with van der Waals surface area (Å²) in [6.45, 7) is 0. The first-order chi connectivity index (χ1) is 2.91. The number of hydrogen-bond donors (Lipinski definition) is 1. The number of rotatable bonds is 0. The van der Waals surface area contributed by atoms with E-state index in [9.17, 15) is 4.39 Å². The highest BCUT2D eigenvalue weighted by molar-refractivity contribution is 5.21. The van der Waals surface area contributed by atoms with Gasteiger partial charge in [-0.25, -0.2) is 0 Å². The Morgan fingerprint density at radius 2 is 2.00 bits per heavy atom. The molecule has 0 spiro atoms. The van der Waals surface area contributed by atoms with Crippen LogP contribution in [-0.4, -0.2) is 0 Å². The minimum atomic E-state index is 1.06. The molecule has 0 rings (SSSR count). The first-order valence-corrected chi connectivity index (χ1v) is 1.23. The number of halogens is 1. The van der Waals surface area contributed by atoms with Crippen molar-refractivity contribution in [1.29, 1.82) is 0 Å². The maximum Gasteiger partial charge on any atom is 0.119 e. The highest BCUT2D eigenvalue weighted by Gasteiger charge is 1.45. The van der Waals surface area contributed by atoms with Crippen molar-refractivity contribution in [3.8, 4) is 24.1 Å². The lowest BCUT2D eigenvalue weighted by molar-refractivity contribution is 0.774. The summed E-state index contributed by atoms with van der Waals surface area (Å²) in [7, 11) is 0. The topological polar surface area (TPSA) is 26.0 Å². The first-order valence-electron chi connectivity index (χ1n) is 1.23. The van der Waals surface area contributed by atoms with Crippen molar-refractivity contribution in [1.82, 2.24) is 0 Å². The largest absolute Gasteiger partial charge is 0.359 e. The zero-order valence-corrected chi connectivity index (χ0v) is 2.96. The SMILES string of the molecule is NC#CC#CF. The Labute approximate surface area is 35.3 Å². The summed E-state index contributed by atoms with van der Waals surface area (Å²) in [5, 5.41) is 0. The molecule has 0 unspecified atom stereocenters. The molecule has 2 N–H and O–H groups in total. The van der Waals surface area contributed by atoms with E-state index in [4.69, 9.17) is 0 Å². The fraction of sp³-hybridized carbons (Fsp3) is 0. The van der Waals surface area contributed by atoms with E-state index in [0.717, 1.165) is 6.17 Å². The van der Waals surface area contributed by atoms with Crippen LogP contribution in [0, 0.1) is 24.1 Å². The van der Waals surface area contributed by atoms with E-state index in [2.05, 4.69) is 5.73 Å². The van der Waals surface area contributed by atoms with Crippen LogP contribution in [0.5, 0.6) is 0 Å². The minimum Gasteiger partial charge on any atom is -0.359 e. The Balaban J connectivity index is 3.43. The molecule has 0 radical (unpaired) electrons. The molecule has 0 saturated heterocycles. The van der Waals surface area contributed by atoms with Crippen LogP contribution in [0.25, 0.3) is 0 Å². The summed E-state index contributed by atoms with van der Waals surface area (Å²) in [4.78, 5) is 0. The van der Waals surface area contributed by atoms with E-state index in [-0.39, 0.29) is 0 Å². The quantitative estimate of drug-likeness (QED) is 0.319. The zero-order valence-electron chi connectivity index (χ0n) is 2.96. The van der Waals surface area contributed by atoms with Crippen molar-refractivity contribution in [2.75, 3.05) is 0 Å². The molecule has 0 saturated carbocycles. The van der Waals surface area contributed by atoms with Crippen LogP contribution in [-0.2, 0) is 0 Å². The maximum absolute atomic E-state index is 10.7. The fourth-order valence-electron chi connectivity index (χ4n) is 0.0597. The smallest absolute Gasteiger partial charge is 0.119 e. The lowest BCUT2D eigenvalue weighted by Crippen LogP contribution is -1.73. The molecule has 0 bridgehead atoms. The fourth-order valence-corrected chi connectivity index (χ4v) is 0.0597. The molecule has 1 nitrogen and oxygen atoms in total. The van der Waals surface area contributed by atoms with Gasteiger partial charge in [0.1, 0.15) is 6.17 Å². The molecule has 0 aromatic carbocycles. The van der Waals surface area contributed by atoms with Gasteiger partial charge >= 0.3 is 0 Å². The Morgan fingerprint density at radius 3 is 2.17 bits per heavy atom. The van der Waals surface area contributed by atoms with Crippen LogP contribution in [0.4, 0.5) is 4.39 Å². The Kier molecular flexibility index (Phi) is 3.11. The molecule has 0 atom stereocenters. The molecule has 0 aromatic rings. The van der Waals surface area contributed by atoms with Crippen molar-refractivity contribution < 1.29 is 4.39 Å². The third-order valence-corrected chi connectivity index (χ3v) is 0.182. The van der Waals surface area contributed by atoms with E-state index < -0.39 is 0 Å². The van der Waals surface area contributed by atoms with Gasteiger partial charge in [-0.15, -0.1) is 4.39 Å². The van der Waals surface area contributed by atoms with E-state index >= 15 is 0 Å². The molecule has 0 aliphatic carbocycles. The van der Waals surface area contributed by atoms with Crippen LogP contribution in [0.3, 0.4) is 0 Å². The highest BCUT2D eigenvalue weighted by Crippen LogP contribution is 1.48. The molecule has 0 amide bonds. The Bertz CT molecular complexity index is 111. The lowest BCUT2D eigenvalue weighted by Gasteiger charge is -1.47. The van der Waals surface area contributed by atoms with Gasteiger partial charge in [0.05, 0.1) is 0 Å². The summed E-state index contributed by atoms with van der Waals surface area (Å²) in [6, 6.07) is 1.90. The maximum atomic E-state index is 10.7. The summed E-state index contributed by atoms with van der Waals surface area (Å²) < 4.78 is 10.7. The van der Waals surface area contributed by atoms with Gasteiger partial charge in [0, 0.05) is 17.9 Å². The standard InChI is InChI=1S/C4H2FN/c5-3-1-2-4-6/h6H2. The van der Waals surface area contributed by atoms with Gasteiger partial charge < -0.3 is 5.73 Å². The van der Waals surface area contributed by atoms with E-state index in [1.807, 2.05) is 12.0 Å². The van der Waals surface area contributed by atoms with Crippen LogP contribution in [0.15, 0.2) is 0 Å². The summed E-state index contributed by atoms with van der Waals surface area (Å²) in [5.41, 5.74) is 4.58. The van der Waals surface area contributed by atoms with Gasteiger partial charge in [-0.05, 0) is 0 Å². The van der Waals surface area contributed by atoms with Crippen LogP contribution >= 0.6 is 0 Å². The van der Waals surface area contributed by atoms with Crippen molar-refractivity contribution >= 4 is 0 Å². The van der Waals surface area contributed by atoms with Gasteiger partial charge in [0.25, 0.3) is 0 Å². The third kappa shape index (κ3) is 2.85. The van der Waals surface area contributed by atoms with Crippen molar-refractivity contribution in [2.24, 2.45) is 5.73 Å². The second-order valence-electron chi connectivity index (χ2n) is 0.489. The Hall–Kier alpha value is -1.15. The van der Waals surface area contributed by atoms with Gasteiger partial charge in [0.15, 0.2) is 0 Å². The average molecular weight is 83.1 g/mol. The second kappa shape index (κ2) is 3.85. The molecule has 0 fully saturated rings. The van der Waals surface area contributed by atoms with Gasteiger partial charge in [-0.3, -0.25) is 0 Å². The zero-order chi connectivity index (χ0) is 4.83. The molecular weight excluding hydrogens is 81.0 g/mol. The molecule has 0 aromatic heterocycles. The van der Waals surface area contributed by atoms with E-state index in [1.54, 1.807) is 5.92 Å². The molecule has 0 aliphatic rings. The highest BCUT2D eigenvalue weighted by atomic mass is 19.1. The molecule has 6 heavy (non-hydrogen) atoms. The van der Waals surface area contributed by atoms with Crippen molar-refractivity contribution in [2.45, 2.75) is 0 Å². The normalized spacial score (nSPS) is 3.50. The van der Waals surface area contributed by atoms with Crippen LogP contribution < -0.4 is 5.73 Å². The van der Waals surface area contributed by atoms with Crippen LogP contribution in [0.2, 0.25) is 0 Å². The predicted octanol–water partition coefficient (Wildman–Crippen LogP) is -0.164. The lowest BCUT2D eigenvalue weighted by atomic mass is 10.7. The molecular formula is C4H2FN. The Morgan fingerprint density at radius 1 is 1.33 bits per heavy atom. The van der Waals surface area contributed by atoms with Crippen LogP contribution in [0.1, 0.15) is 0 Å². The van der Waals surface area contributed by atoms with Crippen molar-refractivity contribution in [3.05, 3.63) is 0 Å². The summed E-state index contributed by atoms with van der Waals surface area (Å²) >= 11 is 0.